The first-order valence-electron chi connectivity index (χ1n) is 6.20. The monoisotopic (exact) mass is 292 g/mol. The van der Waals surface area contributed by atoms with E-state index in [9.17, 15) is 4.79 Å². The van der Waals surface area contributed by atoms with E-state index in [1.165, 1.54) is 0 Å². The maximum absolute atomic E-state index is 10.7. The van der Waals surface area contributed by atoms with Crippen molar-refractivity contribution in [2.75, 3.05) is 19.5 Å². The summed E-state index contributed by atoms with van der Waals surface area (Å²) in [6.45, 7) is 1.70. The first kappa shape index (κ1) is 14.7. The summed E-state index contributed by atoms with van der Waals surface area (Å²) in [5, 5.41) is 11.7. The fourth-order valence-corrected chi connectivity index (χ4v) is 1.82. The SMILES string of the molecule is COc1ccc(Nc2nc(C)c(CC(=O)O)o2)cc1OC. The summed E-state index contributed by atoms with van der Waals surface area (Å²) >= 11 is 0. The van der Waals surface area contributed by atoms with Crippen molar-refractivity contribution < 1.29 is 23.8 Å². The summed E-state index contributed by atoms with van der Waals surface area (Å²) < 4.78 is 15.7. The Bertz CT molecular complexity index is 651. The number of aliphatic carboxylic acids is 1. The molecule has 0 radical (unpaired) electrons. The van der Waals surface area contributed by atoms with E-state index in [0.717, 1.165) is 0 Å². The lowest BCUT2D eigenvalue weighted by atomic mass is 10.3. The van der Waals surface area contributed by atoms with Crippen molar-refractivity contribution in [3.63, 3.8) is 0 Å². The fourth-order valence-electron chi connectivity index (χ4n) is 1.82. The molecule has 0 spiro atoms. The Balaban J connectivity index is 2.20. The van der Waals surface area contributed by atoms with Gasteiger partial charge in [-0.3, -0.25) is 4.79 Å². The summed E-state index contributed by atoms with van der Waals surface area (Å²) in [5.41, 5.74) is 1.23. The molecule has 0 saturated carbocycles. The van der Waals surface area contributed by atoms with Gasteiger partial charge < -0.3 is 24.3 Å². The van der Waals surface area contributed by atoms with Gasteiger partial charge in [-0.25, -0.2) is 0 Å². The van der Waals surface area contributed by atoms with E-state index in [-0.39, 0.29) is 12.4 Å². The highest BCUT2D eigenvalue weighted by atomic mass is 16.5. The number of hydrogen-bond donors (Lipinski definition) is 2. The normalized spacial score (nSPS) is 10.2. The number of carboxylic acid groups (broad SMARTS) is 1. The predicted octanol–water partition coefficient (Wildman–Crippen LogP) is 2.37. The van der Waals surface area contributed by atoms with Crippen molar-refractivity contribution in [3.05, 3.63) is 29.7 Å². The quantitative estimate of drug-likeness (QED) is 0.844. The minimum atomic E-state index is -0.966. The molecule has 1 aromatic heterocycles. The number of ether oxygens (including phenoxy) is 2. The minimum absolute atomic E-state index is 0.202. The zero-order chi connectivity index (χ0) is 15.4. The third kappa shape index (κ3) is 3.44. The number of carboxylic acids is 1. The number of benzene rings is 1. The second kappa shape index (κ2) is 6.17. The molecule has 0 aliphatic rings. The molecule has 7 nitrogen and oxygen atoms in total. The third-order valence-corrected chi connectivity index (χ3v) is 2.84. The van der Waals surface area contributed by atoms with Gasteiger partial charge in [0.05, 0.1) is 19.9 Å². The van der Waals surface area contributed by atoms with Crippen LogP contribution in [0.15, 0.2) is 22.6 Å². The molecule has 1 heterocycles. The molecule has 0 fully saturated rings. The van der Waals surface area contributed by atoms with Crippen LogP contribution < -0.4 is 14.8 Å². The number of methoxy groups -OCH3 is 2. The lowest BCUT2D eigenvalue weighted by Crippen LogP contribution is -1.99. The molecule has 0 aliphatic heterocycles. The van der Waals surface area contributed by atoms with E-state index in [2.05, 4.69) is 10.3 Å². The maximum atomic E-state index is 10.7. The molecular formula is C14H16N2O5. The number of carbonyl (C=O) groups is 1. The van der Waals surface area contributed by atoms with Crippen LogP contribution >= 0.6 is 0 Å². The van der Waals surface area contributed by atoms with Crippen LogP contribution in [0.2, 0.25) is 0 Å². The van der Waals surface area contributed by atoms with Gasteiger partial charge >= 0.3 is 5.97 Å². The second-order valence-electron chi connectivity index (χ2n) is 4.29. The van der Waals surface area contributed by atoms with Crippen molar-refractivity contribution in [1.29, 1.82) is 0 Å². The van der Waals surface area contributed by atoms with Crippen LogP contribution in [0.4, 0.5) is 11.7 Å². The molecule has 0 saturated heterocycles. The fraction of sp³-hybridized carbons (Fsp3) is 0.286. The Morgan fingerprint density at radius 3 is 2.67 bits per heavy atom. The number of oxazole rings is 1. The van der Waals surface area contributed by atoms with Crippen LogP contribution in [0.3, 0.4) is 0 Å². The Kier molecular flexibility index (Phi) is 4.32. The molecule has 21 heavy (non-hydrogen) atoms. The van der Waals surface area contributed by atoms with Crippen LogP contribution in [0.1, 0.15) is 11.5 Å². The molecule has 0 bridgehead atoms. The predicted molar refractivity (Wildman–Crippen MR) is 75.4 cm³/mol. The molecule has 2 aromatic rings. The summed E-state index contributed by atoms with van der Waals surface area (Å²) in [6, 6.07) is 5.48. The molecule has 0 amide bonds. The lowest BCUT2D eigenvalue weighted by molar-refractivity contribution is -0.136. The van der Waals surface area contributed by atoms with Gasteiger partial charge in [-0.05, 0) is 19.1 Å². The first-order valence-corrected chi connectivity index (χ1v) is 6.20. The van der Waals surface area contributed by atoms with E-state index >= 15 is 0 Å². The zero-order valence-corrected chi connectivity index (χ0v) is 12.0. The number of hydrogen-bond acceptors (Lipinski definition) is 6. The molecular weight excluding hydrogens is 276 g/mol. The molecule has 7 heteroatoms. The van der Waals surface area contributed by atoms with Gasteiger partial charge in [-0.15, -0.1) is 0 Å². The summed E-state index contributed by atoms with van der Waals surface area (Å²) in [6.07, 6.45) is -0.202. The van der Waals surface area contributed by atoms with E-state index in [4.69, 9.17) is 19.0 Å². The standard InChI is InChI=1S/C14H16N2O5/c1-8-11(7-13(17)18)21-14(15-8)16-9-4-5-10(19-2)12(6-9)20-3/h4-6H,7H2,1-3H3,(H,15,16)(H,17,18). The van der Waals surface area contributed by atoms with E-state index < -0.39 is 5.97 Å². The number of aromatic nitrogens is 1. The number of rotatable bonds is 6. The second-order valence-corrected chi connectivity index (χ2v) is 4.29. The van der Waals surface area contributed by atoms with Gasteiger partial charge in [0.2, 0.25) is 0 Å². The van der Waals surface area contributed by atoms with Crippen LogP contribution in [-0.2, 0) is 11.2 Å². The van der Waals surface area contributed by atoms with Gasteiger partial charge in [0, 0.05) is 11.8 Å². The van der Waals surface area contributed by atoms with Crippen LogP contribution in [-0.4, -0.2) is 30.3 Å². The largest absolute Gasteiger partial charge is 0.493 e. The van der Waals surface area contributed by atoms with Crippen molar-refractivity contribution in [2.45, 2.75) is 13.3 Å². The summed E-state index contributed by atoms with van der Waals surface area (Å²) in [5.74, 6) is 0.534. The highest BCUT2D eigenvalue weighted by Crippen LogP contribution is 2.31. The number of anilines is 2. The van der Waals surface area contributed by atoms with Gasteiger partial charge in [-0.2, -0.15) is 4.98 Å². The van der Waals surface area contributed by atoms with Gasteiger partial charge in [-0.1, -0.05) is 0 Å². The van der Waals surface area contributed by atoms with Crippen molar-refractivity contribution in [1.82, 2.24) is 4.98 Å². The number of nitrogens with zero attached hydrogens (tertiary/aromatic N) is 1. The smallest absolute Gasteiger partial charge is 0.311 e. The average molecular weight is 292 g/mol. The van der Waals surface area contributed by atoms with Gasteiger partial charge in [0.15, 0.2) is 11.5 Å². The van der Waals surface area contributed by atoms with Crippen LogP contribution in [0.25, 0.3) is 0 Å². The molecule has 112 valence electrons. The Hall–Kier alpha value is -2.70. The van der Waals surface area contributed by atoms with E-state index in [1.54, 1.807) is 39.3 Å². The topological polar surface area (TPSA) is 93.8 Å². The molecule has 1 aromatic carbocycles. The van der Waals surface area contributed by atoms with Gasteiger partial charge in [0.1, 0.15) is 12.2 Å². The van der Waals surface area contributed by atoms with Gasteiger partial charge in [0.25, 0.3) is 6.01 Å². The Morgan fingerprint density at radius 2 is 2.05 bits per heavy atom. The molecule has 0 unspecified atom stereocenters. The number of aryl methyl sites for hydroxylation is 1. The Labute approximate surface area is 121 Å². The lowest BCUT2D eigenvalue weighted by Gasteiger charge is -2.09. The van der Waals surface area contributed by atoms with Crippen LogP contribution in [0, 0.1) is 6.92 Å². The van der Waals surface area contributed by atoms with Crippen molar-refractivity contribution in [3.8, 4) is 11.5 Å². The Morgan fingerprint density at radius 1 is 1.33 bits per heavy atom. The highest BCUT2D eigenvalue weighted by molar-refractivity contribution is 5.69. The van der Waals surface area contributed by atoms with Crippen molar-refractivity contribution in [2.24, 2.45) is 0 Å². The average Bonchev–Trinajstić information content (AvgIpc) is 2.77. The first-order chi connectivity index (χ1) is 10.0. The summed E-state index contributed by atoms with van der Waals surface area (Å²) in [7, 11) is 3.10. The van der Waals surface area contributed by atoms with E-state index in [0.29, 0.717) is 28.6 Å². The number of nitrogens with one attached hydrogen (secondary N) is 1. The van der Waals surface area contributed by atoms with Crippen molar-refractivity contribution >= 4 is 17.7 Å². The highest BCUT2D eigenvalue weighted by Gasteiger charge is 2.13. The third-order valence-electron chi connectivity index (χ3n) is 2.84. The molecule has 0 atom stereocenters. The molecule has 0 aliphatic carbocycles. The van der Waals surface area contributed by atoms with Crippen LogP contribution in [0.5, 0.6) is 11.5 Å². The zero-order valence-electron chi connectivity index (χ0n) is 12.0. The maximum Gasteiger partial charge on any atom is 0.311 e. The van der Waals surface area contributed by atoms with E-state index in [1.807, 2.05) is 0 Å². The minimum Gasteiger partial charge on any atom is -0.493 e. The molecule has 2 N–H and O–H groups in total. The summed E-state index contributed by atoms with van der Waals surface area (Å²) in [4.78, 5) is 14.8. The molecule has 2 rings (SSSR count).